The van der Waals surface area contributed by atoms with Gasteiger partial charge >= 0.3 is 5.97 Å². The van der Waals surface area contributed by atoms with Gasteiger partial charge in [0, 0.05) is 34.8 Å². The van der Waals surface area contributed by atoms with Crippen LogP contribution in [0.1, 0.15) is 56.1 Å². The van der Waals surface area contributed by atoms with Crippen LogP contribution in [0.2, 0.25) is 0 Å². The van der Waals surface area contributed by atoms with Gasteiger partial charge in [-0.3, -0.25) is 4.79 Å². The molecule has 2 N–H and O–H groups in total. The molecule has 0 aliphatic heterocycles. The molecule has 0 radical (unpaired) electrons. The van der Waals surface area contributed by atoms with Crippen molar-refractivity contribution >= 4 is 22.8 Å². The van der Waals surface area contributed by atoms with E-state index in [9.17, 15) is 19.1 Å². The van der Waals surface area contributed by atoms with Gasteiger partial charge in [0.1, 0.15) is 11.6 Å². The number of nitrogens with one attached hydrogen (secondary N) is 1. The van der Waals surface area contributed by atoms with Crippen LogP contribution in [0, 0.1) is 19.7 Å². The van der Waals surface area contributed by atoms with Crippen molar-refractivity contribution in [1.29, 1.82) is 0 Å². The maximum atomic E-state index is 14.0. The van der Waals surface area contributed by atoms with E-state index in [2.05, 4.69) is 16.8 Å². The van der Waals surface area contributed by atoms with E-state index in [-0.39, 0.29) is 11.5 Å². The van der Waals surface area contributed by atoms with Crippen LogP contribution in [-0.2, 0) is 6.54 Å². The van der Waals surface area contributed by atoms with Gasteiger partial charge in [-0.25, -0.2) is 9.18 Å². The topological polar surface area (TPSA) is 80.6 Å². The number of fused-ring (bicyclic) bond motifs is 1. The highest BCUT2D eigenvalue weighted by Crippen LogP contribution is 2.29. The Labute approximate surface area is 238 Å². The van der Waals surface area contributed by atoms with Crippen LogP contribution >= 0.6 is 0 Å². The van der Waals surface area contributed by atoms with Crippen molar-refractivity contribution in [2.75, 3.05) is 7.11 Å². The molecule has 4 aromatic carbocycles. The monoisotopic (exact) mass is 550 g/mol. The number of carboxylic acid groups (broad SMARTS) is 1. The van der Waals surface area contributed by atoms with Crippen LogP contribution in [-0.4, -0.2) is 28.7 Å². The Bertz CT molecular complexity index is 1770. The predicted octanol–water partition coefficient (Wildman–Crippen LogP) is 7.31. The summed E-state index contributed by atoms with van der Waals surface area (Å²) in [5, 5.41) is 13.5. The average molecular weight is 551 g/mol. The van der Waals surface area contributed by atoms with E-state index in [1.54, 1.807) is 24.3 Å². The highest BCUT2D eigenvalue weighted by molar-refractivity contribution is 5.99. The molecule has 7 heteroatoms. The molecule has 0 saturated carbocycles. The van der Waals surface area contributed by atoms with Gasteiger partial charge < -0.3 is 19.7 Å². The molecule has 208 valence electrons. The summed E-state index contributed by atoms with van der Waals surface area (Å²) in [6.07, 6.45) is 0. The number of aromatic carboxylic acids is 1. The second-order valence-electron chi connectivity index (χ2n) is 10.2. The molecular weight excluding hydrogens is 519 g/mol. The van der Waals surface area contributed by atoms with Crippen molar-refractivity contribution in [1.82, 2.24) is 9.88 Å². The maximum Gasteiger partial charge on any atom is 0.336 e. The van der Waals surface area contributed by atoms with Gasteiger partial charge in [0.25, 0.3) is 5.91 Å². The number of amides is 1. The number of ether oxygens (including phenoxy) is 1. The minimum atomic E-state index is -0.953. The van der Waals surface area contributed by atoms with Gasteiger partial charge in [-0.1, -0.05) is 42.5 Å². The summed E-state index contributed by atoms with van der Waals surface area (Å²) in [5.41, 5.74) is 7.21. The van der Waals surface area contributed by atoms with Gasteiger partial charge in [0.2, 0.25) is 0 Å². The molecule has 0 saturated heterocycles. The zero-order valence-electron chi connectivity index (χ0n) is 23.4. The zero-order chi connectivity index (χ0) is 29.3. The summed E-state index contributed by atoms with van der Waals surface area (Å²) < 4.78 is 21.3. The molecular formula is C34H31FN2O4. The number of methoxy groups -OCH3 is 1. The van der Waals surface area contributed by atoms with Crippen molar-refractivity contribution in [2.45, 2.75) is 33.4 Å². The van der Waals surface area contributed by atoms with Crippen LogP contribution in [0.4, 0.5) is 4.39 Å². The van der Waals surface area contributed by atoms with Gasteiger partial charge in [-0.2, -0.15) is 0 Å². The molecule has 0 spiro atoms. The predicted molar refractivity (Wildman–Crippen MR) is 158 cm³/mol. The molecule has 5 aromatic rings. The minimum Gasteiger partial charge on any atom is -0.497 e. The molecule has 1 heterocycles. The molecule has 0 aliphatic rings. The van der Waals surface area contributed by atoms with Gasteiger partial charge in [-0.15, -0.1) is 0 Å². The number of benzene rings is 4. The summed E-state index contributed by atoms with van der Waals surface area (Å²) in [6, 6.07) is 24.5. The highest BCUT2D eigenvalue weighted by atomic mass is 19.1. The standard InChI is InChI=1S/C34H31FN2O4/c1-20-22(3)37(19-23-9-11-24(12-10-23)29-7-5-6-8-30(29)34(39)40)32-14-13-25(17-31(20)32)33(38)36-21(2)26-15-27(35)18-28(16-26)41-4/h5-18,21H,19H2,1-4H3,(H,36,38)(H,39,40)/t21-/m0/s1. The minimum absolute atomic E-state index is 0.246. The highest BCUT2D eigenvalue weighted by Gasteiger charge is 2.17. The molecule has 5 rings (SSSR count). The number of rotatable bonds is 8. The third-order valence-corrected chi connectivity index (χ3v) is 7.64. The number of aromatic nitrogens is 1. The Morgan fingerprint density at radius 1 is 0.976 bits per heavy atom. The second-order valence-corrected chi connectivity index (χ2v) is 10.2. The van der Waals surface area contributed by atoms with Crippen LogP contribution < -0.4 is 10.1 Å². The summed E-state index contributed by atoms with van der Waals surface area (Å²) in [5.74, 6) is -1.22. The quantitative estimate of drug-likeness (QED) is 0.212. The molecule has 1 atom stereocenters. The number of nitrogens with zero attached hydrogens (tertiary/aromatic N) is 1. The molecule has 0 aliphatic carbocycles. The fourth-order valence-electron chi connectivity index (χ4n) is 5.20. The fraction of sp³-hybridized carbons (Fsp3) is 0.176. The summed E-state index contributed by atoms with van der Waals surface area (Å²) >= 11 is 0. The molecule has 0 bridgehead atoms. The average Bonchev–Trinajstić information content (AvgIpc) is 3.21. The zero-order valence-corrected chi connectivity index (χ0v) is 23.4. The molecule has 1 aromatic heterocycles. The lowest BCUT2D eigenvalue weighted by molar-refractivity contribution is 0.0697. The van der Waals surface area contributed by atoms with Gasteiger partial charge in [-0.05, 0) is 85.0 Å². The number of halogens is 1. The van der Waals surface area contributed by atoms with E-state index in [4.69, 9.17) is 4.74 Å². The normalized spacial score (nSPS) is 11.8. The van der Waals surface area contributed by atoms with Crippen molar-refractivity contribution in [3.05, 3.63) is 124 Å². The number of hydrogen-bond donors (Lipinski definition) is 2. The first kappa shape index (κ1) is 27.6. The molecule has 0 unspecified atom stereocenters. The van der Waals surface area contributed by atoms with Crippen LogP contribution in [0.5, 0.6) is 5.75 Å². The van der Waals surface area contributed by atoms with E-state index >= 15 is 0 Å². The lowest BCUT2D eigenvalue weighted by atomic mass is 9.99. The van der Waals surface area contributed by atoms with Crippen molar-refractivity contribution < 1.29 is 23.8 Å². The lowest BCUT2D eigenvalue weighted by Gasteiger charge is -2.16. The number of hydrogen-bond acceptors (Lipinski definition) is 3. The fourth-order valence-corrected chi connectivity index (χ4v) is 5.20. The first-order chi connectivity index (χ1) is 19.7. The largest absolute Gasteiger partial charge is 0.497 e. The summed E-state index contributed by atoms with van der Waals surface area (Å²) in [6.45, 7) is 6.54. The first-order valence-electron chi connectivity index (χ1n) is 13.3. The van der Waals surface area contributed by atoms with E-state index in [0.717, 1.165) is 33.3 Å². The van der Waals surface area contributed by atoms with Crippen LogP contribution in [0.25, 0.3) is 22.0 Å². The molecule has 41 heavy (non-hydrogen) atoms. The summed E-state index contributed by atoms with van der Waals surface area (Å²) in [7, 11) is 1.48. The van der Waals surface area contributed by atoms with E-state index in [1.807, 2.05) is 62.4 Å². The van der Waals surface area contributed by atoms with Crippen molar-refractivity contribution in [3.8, 4) is 16.9 Å². The Kier molecular flexibility index (Phi) is 7.62. The Morgan fingerprint density at radius 2 is 1.71 bits per heavy atom. The number of aryl methyl sites for hydroxylation is 1. The van der Waals surface area contributed by atoms with Crippen LogP contribution in [0.3, 0.4) is 0 Å². The Morgan fingerprint density at radius 3 is 2.41 bits per heavy atom. The van der Waals surface area contributed by atoms with Gasteiger partial charge in [0.05, 0.1) is 18.7 Å². The number of carbonyl (C=O) groups excluding carboxylic acids is 1. The molecule has 0 fully saturated rings. The first-order valence-corrected chi connectivity index (χ1v) is 13.3. The smallest absolute Gasteiger partial charge is 0.336 e. The lowest BCUT2D eigenvalue weighted by Crippen LogP contribution is -2.26. The maximum absolute atomic E-state index is 14.0. The second kappa shape index (κ2) is 11.3. The van der Waals surface area contributed by atoms with E-state index < -0.39 is 17.8 Å². The number of carboxylic acids is 1. The van der Waals surface area contributed by atoms with E-state index in [1.165, 1.54) is 19.2 Å². The SMILES string of the molecule is COc1cc(F)cc([C@H](C)NC(=O)c2ccc3c(c2)c(C)c(C)n3Cc2ccc(-c3ccccc3C(=O)O)cc2)c1. The van der Waals surface area contributed by atoms with Crippen molar-refractivity contribution in [2.24, 2.45) is 0 Å². The Hall–Kier alpha value is -4.91. The molecule has 1 amide bonds. The van der Waals surface area contributed by atoms with Crippen LogP contribution in [0.15, 0.2) is 84.9 Å². The van der Waals surface area contributed by atoms with E-state index in [0.29, 0.717) is 29.0 Å². The Balaban J connectivity index is 1.38. The van der Waals surface area contributed by atoms with Crippen molar-refractivity contribution in [3.63, 3.8) is 0 Å². The van der Waals surface area contributed by atoms with Gasteiger partial charge in [0.15, 0.2) is 0 Å². The molecule has 6 nitrogen and oxygen atoms in total. The third kappa shape index (κ3) is 5.57. The third-order valence-electron chi connectivity index (χ3n) is 7.64. The number of carbonyl (C=O) groups is 2. The summed E-state index contributed by atoms with van der Waals surface area (Å²) in [4.78, 5) is 24.8.